The first kappa shape index (κ1) is 102. The van der Waals surface area contributed by atoms with E-state index in [1.54, 1.807) is 60.8 Å². The number of aromatic amines is 10. The van der Waals surface area contributed by atoms with E-state index in [4.69, 9.17) is 74.8 Å². The number of imidazole rings is 2. The monoisotopic (exact) mass is 2030 g/mol. The second-order valence-electron chi connectivity index (χ2n) is 39.3. The van der Waals surface area contributed by atoms with Gasteiger partial charge in [0.05, 0.1) is 84.2 Å². The van der Waals surface area contributed by atoms with Crippen LogP contribution in [0.1, 0.15) is 235 Å². The molecule has 0 saturated heterocycles. The number of nitrogens with zero attached hydrogens (tertiary/aromatic N) is 15. The third kappa shape index (κ3) is 22.7. The average Bonchev–Trinajstić information content (AvgIpc) is 1.59. The zero-order chi connectivity index (χ0) is 101. The molecule has 40 nitrogen and oxygen atoms in total. The number of nitrogens with two attached hydrogens (primary N) is 2. The summed E-state index contributed by atoms with van der Waals surface area (Å²) in [7, 11) is 3.25. The Labute approximate surface area is 849 Å². The highest BCUT2D eigenvalue weighted by Gasteiger charge is 2.50. The molecule has 18 N–H and O–H groups in total. The molecule has 16 aromatic heterocycles. The van der Waals surface area contributed by atoms with Crippen LogP contribution in [0.4, 0.5) is 11.6 Å². The molecule has 0 amide bonds. The Kier molecular flexibility index (Phi) is 33.3. The van der Waals surface area contributed by atoms with Crippen LogP contribution in [0.5, 0.6) is 5.88 Å². The van der Waals surface area contributed by atoms with Crippen LogP contribution in [0, 0.1) is 41.4 Å². The molecule has 1 aromatic carbocycles. The zero-order valence-corrected chi connectivity index (χ0v) is 83.7. The number of aliphatic hydroxyl groups excluding tert-OH is 4. The number of nitrogen functional groups attached to an aromatic ring is 2. The van der Waals surface area contributed by atoms with E-state index in [0.717, 1.165) is 166 Å². The lowest BCUT2D eigenvalue weighted by Gasteiger charge is -2.28. The molecule has 146 heavy (non-hydrogen) atoms. The van der Waals surface area contributed by atoms with E-state index in [1.165, 1.54) is 118 Å². The maximum absolute atomic E-state index is 11.6. The number of fused-ring (bicyclic) bond motifs is 7. The molecule has 0 unspecified atom stereocenters. The molecule has 0 spiro atoms. The maximum atomic E-state index is 11.6. The van der Waals surface area contributed by atoms with Crippen molar-refractivity contribution in [1.29, 1.82) is 0 Å². The van der Waals surface area contributed by atoms with E-state index in [9.17, 15) is 29.4 Å². The van der Waals surface area contributed by atoms with Gasteiger partial charge >= 0.3 is 0 Å². The second kappa shape index (κ2) is 47.5. The minimum absolute atomic E-state index is 0.0775. The van der Waals surface area contributed by atoms with E-state index < -0.39 is 12.2 Å². The van der Waals surface area contributed by atoms with E-state index in [1.807, 2.05) is 78.3 Å². The number of nitrogens with one attached hydrogen (secondary N) is 10. The Hall–Kier alpha value is -13.9. The molecule has 16 heterocycles. The number of aliphatic hydroxyl groups is 4. The van der Waals surface area contributed by atoms with Gasteiger partial charge < -0.3 is 110 Å². The Morgan fingerprint density at radius 2 is 0.760 bits per heavy atom. The maximum Gasteiger partial charge on any atom is 0.275 e. The number of anilines is 2. The predicted molar refractivity (Wildman–Crippen MR) is 561 cm³/mol. The predicted octanol–water partition coefficient (Wildman–Crippen LogP) is 14.4. The molecule has 0 bridgehead atoms. The lowest BCUT2D eigenvalue weighted by Crippen LogP contribution is -2.39. The van der Waals surface area contributed by atoms with Crippen LogP contribution in [-0.2, 0) is 32.3 Å². The van der Waals surface area contributed by atoms with Crippen molar-refractivity contribution in [3.63, 3.8) is 0 Å². The molecular formula is C104H127N27O13S2. The average molecular weight is 2030 g/mol. The molecule has 0 aliphatic heterocycles. The Morgan fingerprint density at radius 1 is 0.411 bits per heavy atom. The minimum Gasteiger partial charge on any atom is -0.479 e. The van der Waals surface area contributed by atoms with Crippen LogP contribution < -0.4 is 38.4 Å². The second-order valence-corrected chi connectivity index (χ2v) is 40.0. The van der Waals surface area contributed by atoms with Crippen LogP contribution in [0.15, 0.2) is 175 Å². The van der Waals surface area contributed by atoms with E-state index in [2.05, 4.69) is 119 Å². The SMILES string of the molecule is CC[C@@H]1CC[C@H](c2c[nH]c3c(=O)[nH]cnc23)C1.CC[C@@H]1CC[C@H](c2c[nH]c3c(=O)[nH]cnc23)C1.COC[C@H]1C[C@@H](c2cn(COCc3ccccc3)c3c(OC)ncnc23)[C@H](OC(=S)n2ccnc2)[C@@H]1OC(=S)n1ccnc1.Nc1ncnc2c([C@H]3CC[C@@H](CO)C3)c[nH]c12.Nc1ncnc2c([C@H]3CC[C@@H](CO)C3)c[nH]c12.O=c1[nH]cnc2c([C@H]3CC[C@@H](CO)C3)c[nH]c12.O=c1[nH]cnc2c([C@H]3CC[C@@H](CO)C3)c[nH]c12. The zero-order valence-electron chi connectivity index (χ0n) is 82.1. The van der Waals surface area contributed by atoms with Crippen LogP contribution in [0.25, 0.3) is 77.2 Å². The number of ether oxygens (including phenoxy) is 5. The molecule has 17 aromatic rings. The highest BCUT2D eigenvalue weighted by molar-refractivity contribution is 7.80. The first-order valence-corrected chi connectivity index (χ1v) is 51.3. The Balaban J connectivity index is 0.000000117. The van der Waals surface area contributed by atoms with Gasteiger partial charge in [0.1, 0.15) is 89.2 Å². The molecule has 768 valence electrons. The topological polar surface area (TPSA) is 575 Å². The van der Waals surface area contributed by atoms with Gasteiger partial charge in [0.25, 0.3) is 32.6 Å². The van der Waals surface area contributed by atoms with Gasteiger partial charge in [-0.3, -0.25) is 28.3 Å². The summed E-state index contributed by atoms with van der Waals surface area (Å²) in [5.41, 5.74) is 30.8. The summed E-state index contributed by atoms with van der Waals surface area (Å²) in [5, 5.41) is 37.2. The van der Waals surface area contributed by atoms with Gasteiger partial charge in [-0.1, -0.05) is 57.0 Å². The summed E-state index contributed by atoms with van der Waals surface area (Å²) < 4.78 is 35.7. The number of aromatic nitrogens is 25. The summed E-state index contributed by atoms with van der Waals surface area (Å²) >= 11 is 11.4. The summed E-state index contributed by atoms with van der Waals surface area (Å²) in [5.74, 6) is 7.41. The van der Waals surface area contributed by atoms with Crippen molar-refractivity contribution in [1.82, 2.24) is 123 Å². The molecule has 16 atom stereocenters. The molecule has 42 heteroatoms. The van der Waals surface area contributed by atoms with Gasteiger partial charge in [-0.05, 0) is 256 Å². The number of benzene rings is 1. The largest absolute Gasteiger partial charge is 0.479 e. The highest BCUT2D eigenvalue weighted by Crippen LogP contribution is 2.50. The smallest absolute Gasteiger partial charge is 0.275 e. The normalized spacial score (nSPS) is 23.1. The summed E-state index contributed by atoms with van der Waals surface area (Å²) in [6.07, 6.45) is 56.3. The molecule has 24 rings (SSSR count). The van der Waals surface area contributed by atoms with Gasteiger partial charge in [-0.25, -0.2) is 54.8 Å². The third-order valence-electron chi connectivity index (χ3n) is 30.7. The van der Waals surface area contributed by atoms with E-state index in [-0.39, 0.29) is 77.6 Å². The summed E-state index contributed by atoms with van der Waals surface area (Å²) in [6, 6.07) is 10.0. The quantitative estimate of drug-likeness (QED) is 0.0280. The van der Waals surface area contributed by atoms with Crippen LogP contribution in [0.3, 0.4) is 0 Å². The first-order valence-electron chi connectivity index (χ1n) is 50.5. The number of methoxy groups -OCH3 is 2. The van der Waals surface area contributed by atoms with Crippen molar-refractivity contribution in [2.45, 2.75) is 216 Å². The molecule has 7 aliphatic rings. The van der Waals surface area contributed by atoms with Crippen LogP contribution in [0.2, 0.25) is 0 Å². The number of thiocarbonyl (C=S) groups is 2. The first-order chi connectivity index (χ1) is 71.3. The lowest BCUT2D eigenvalue weighted by atomic mass is 9.96. The van der Waals surface area contributed by atoms with Crippen LogP contribution >= 0.6 is 24.4 Å². The van der Waals surface area contributed by atoms with E-state index >= 15 is 0 Å². The van der Waals surface area contributed by atoms with Gasteiger partial charge in [0.15, 0.2) is 11.6 Å². The summed E-state index contributed by atoms with van der Waals surface area (Å²) in [6.45, 7) is 6.72. The molecule has 7 saturated carbocycles. The fraction of sp³-hybridized carbons (Fsp3) is 0.462. The van der Waals surface area contributed by atoms with E-state index in [0.29, 0.717) is 118 Å². The molecular weight excluding hydrogens is 1900 g/mol. The van der Waals surface area contributed by atoms with Crippen molar-refractivity contribution in [2.75, 3.05) is 58.7 Å². The van der Waals surface area contributed by atoms with Crippen molar-refractivity contribution >= 4 is 124 Å². The number of hydrogen-bond acceptors (Lipinski definition) is 29. The fourth-order valence-corrected chi connectivity index (χ4v) is 23.4. The number of hydrogen-bond donors (Lipinski definition) is 16. The molecule has 0 radical (unpaired) electrons. The third-order valence-corrected chi connectivity index (χ3v) is 31.3. The number of H-pyrrole nitrogens is 10. The van der Waals surface area contributed by atoms with Gasteiger partial charge in [-0.2, -0.15) is 4.98 Å². The minimum atomic E-state index is -0.559. The van der Waals surface area contributed by atoms with Crippen molar-refractivity contribution in [3.05, 3.63) is 241 Å². The summed E-state index contributed by atoms with van der Waals surface area (Å²) in [4.78, 5) is 126. The fourth-order valence-electron chi connectivity index (χ4n) is 22.9. The molecule has 7 fully saturated rings. The Morgan fingerprint density at radius 3 is 1.10 bits per heavy atom. The highest BCUT2D eigenvalue weighted by atomic mass is 32.1. The van der Waals surface area contributed by atoms with Gasteiger partial charge in [0.2, 0.25) is 5.88 Å². The van der Waals surface area contributed by atoms with Crippen molar-refractivity contribution < 1.29 is 44.1 Å². The lowest BCUT2D eigenvalue weighted by molar-refractivity contribution is 0.0107. The van der Waals surface area contributed by atoms with Crippen molar-refractivity contribution in [2.24, 2.45) is 41.4 Å². The Bertz CT molecular complexity index is 6950. The van der Waals surface area contributed by atoms with Crippen LogP contribution in [-0.4, -0.2) is 214 Å². The van der Waals surface area contributed by atoms with Gasteiger partial charge in [0, 0.05) is 119 Å². The van der Waals surface area contributed by atoms with Crippen molar-refractivity contribution in [3.8, 4) is 5.88 Å². The molecule has 7 aliphatic carbocycles. The number of rotatable bonds is 22. The standard InChI is InChI=1S/C30H31N7O5S2.2C13H17N3O.2C12H16N4O.2C12H15N3O2/c1-38-15-21-12-22(27(42-30(44)36-11-9-32-18-36)26(21)41-29(43)35-10-8-31-17-35)23-13-37(19-40-14-20-6-4-3-5-7-20)25-24(23)33-16-34-28(25)39-2;2*1-2-8-3-4-9(5-8)10-6-14-12-11(10)15-7-16-13(12)17;2*13-12-11-10(15-6-16-12)9(4-14-11)8-2-1-7(3-8)5-17;2*16-5-7-1-2-8(3-7)9-4-13-11-10(9)14-6-15-12(11)17/h3-11,13,16-18,21-22,26-27H,12,14-15,19H2,1-2H3;2*6-9,14H,2-5H2,1H3,(H,15,16,17);2*4,6-8,14,17H,1-3,5H2,(H2,13,15,16);2*4,6-8,13,16H,1-3,5H2,(H,14,15,17)/t21-,22+,26-,27+;2*8-,9+;4*7-,8+/m1111111/s1. The van der Waals surface area contributed by atoms with Gasteiger partial charge in [-0.15, -0.1) is 0 Å².